The average Bonchev–Trinajstić information content (AvgIpc) is 2.62. The number of thioether (sulfide) groups is 1. The lowest BCUT2D eigenvalue weighted by molar-refractivity contribution is 0.586. The van der Waals surface area contributed by atoms with Crippen LogP contribution in [-0.2, 0) is 0 Å². The molecule has 0 aliphatic carbocycles. The van der Waals surface area contributed by atoms with Crippen LogP contribution < -0.4 is 0 Å². The summed E-state index contributed by atoms with van der Waals surface area (Å²) < 4.78 is 0. The van der Waals surface area contributed by atoms with Crippen molar-refractivity contribution >= 4 is 24.4 Å². The molecule has 130 valence electrons. The van der Waals surface area contributed by atoms with Crippen LogP contribution in [0.3, 0.4) is 0 Å². The van der Waals surface area contributed by atoms with E-state index in [1.807, 2.05) is 23.9 Å². The minimum atomic E-state index is 1.01. The summed E-state index contributed by atoms with van der Waals surface area (Å²) >= 11 is 6.33. The van der Waals surface area contributed by atoms with E-state index < -0.39 is 0 Å². The van der Waals surface area contributed by atoms with Crippen LogP contribution in [0.25, 0.3) is 11.1 Å². The van der Waals surface area contributed by atoms with E-state index in [1.165, 1.54) is 73.1 Å². The first kappa shape index (κ1) is 19.5. The first-order chi connectivity index (χ1) is 11.8. The molecule has 0 aliphatic heterocycles. The van der Waals surface area contributed by atoms with Crippen molar-refractivity contribution in [1.82, 2.24) is 0 Å². The predicted octanol–water partition coefficient (Wildman–Crippen LogP) is 7.88. The zero-order valence-electron chi connectivity index (χ0n) is 14.8. The van der Waals surface area contributed by atoms with E-state index >= 15 is 0 Å². The van der Waals surface area contributed by atoms with Gasteiger partial charge in [-0.15, -0.1) is 24.4 Å². The molecule has 0 atom stereocenters. The van der Waals surface area contributed by atoms with Crippen LogP contribution in [0.15, 0.2) is 58.3 Å². The molecular weight excluding hydrogens is 328 g/mol. The number of benzene rings is 2. The van der Waals surface area contributed by atoms with Crippen molar-refractivity contribution in [2.45, 2.75) is 68.1 Å². The number of hydrogen-bond acceptors (Lipinski definition) is 2. The van der Waals surface area contributed by atoms with Crippen LogP contribution in [0.4, 0.5) is 0 Å². The van der Waals surface area contributed by atoms with Crippen LogP contribution in [-0.4, -0.2) is 5.75 Å². The Morgan fingerprint density at radius 1 is 0.667 bits per heavy atom. The molecule has 2 rings (SSSR count). The van der Waals surface area contributed by atoms with Crippen LogP contribution in [0.5, 0.6) is 0 Å². The molecule has 2 aromatic carbocycles. The second kappa shape index (κ2) is 11.7. The minimum absolute atomic E-state index is 1.01. The Kier molecular flexibility index (Phi) is 9.45. The first-order valence-electron chi connectivity index (χ1n) is 9.32. The number of rotatable bonds is 11. The molecule has 0 radical (unpaired) electrons. The van der Waals surface area contributed by atoms with E-state index in [-0.39, 0.29) is 0 Å². The second-order valence-electron chi connectivity index (χ2n) is 6.39. The first-order valence-corrected chi connectivity index (χ1v) is 10.7. The van der Waals surface area contributed by atoms with Crippen molar-refractivity contribution in [2.24, 2.45) is 0 Å². The maximum atomic E-state index is 4.34. The quantitative estimate of drug-likeness (QED) is 0.242. The summed E-state index contributed by atoms with van der Waals surface area (Å²) in [5.41, 5.74) is 2.53. The van der Waals surface area contributed by atoms with Crippen LogP contribution >= 0.6 is 24.4 Å². The van der Waals surface area contributed by atoms with E-state index in [4.69, 9.17) is 0 Å². The summed E-state index contributed by atoms with van der Waals surface area (Å²) in [4.78, 5) is 2.39. The lowest BCUT2D eigenvalue weighted by Crippen LogP contribution is -1.84. The monoisotopic (exact) mass is 358 g/mol. The number of unbranched alkanes of at least 4 members (excludes halogenated alkanes) is 7. The van der Waals surface area contributed by atoms with Gasteiger partial charge in [0, 0.05) is 9.79 Å². The van der Waals surface area contributed by atoms with Crippen molar-refractivity contribution in [3.8, 4) is 11.1 Å². The van der Waals surface area contributed by atoms with Gasteiger partial charge in [-0.25, -0.2) is 0 Å². The fourth-order valence-corrected chi connectivity index (χ4v) is 3.89. The maximum absolute atomic E-state index is 4.34. The molecule has 0 N–H and O–H groups in total. The Hall–Kier alpha value is -0.860. The molecule has 0 bridgehead atoms. The molecule has 2 aromatic rings. The molecule has 0 saturated carbocycles. The topological polar surface area (TPSA) is 0 Å². The van der Waals surface area contributed by atoms with Gasteiger partial charge in [-0.3, -0.25) is 0 Å². The van der Waals surface area contributed by atoms with E-state index in [0.29, 0.717) is 0 Å². The zero-order chi connectivity index (χ0) is 17.0. The molecule has 0 fully saturated rings. The third kappa shape index (κ3) is 7.36. The van der Waals surface area contributed by atoms with Gasteiger partial charge >= 0.3 is 0 Å². The van der Waals surface area contributed by atoms with E-state index in [2.05, 4.69) is 56.0 Å². The van der Waals surface area contributed by atoms with Crippen molar-refractivity contribution < 1.29 is 0 Å². The Balaban J connectivity index is 1.63. The van der Waals surface area contributed by atoms with Gasteiger partial charge in [0.05, 0.1) is 0 Å². The SMILES string of the molecule is CCCCCCCCCCSc1ccc(-c2ccc(S)cc2)cc1. The standard InChI is InChI=1S/C22H30S2/c1-2-3-4-5-6-7-8-9-18-24-22-16-12-20(13-17-22)19-10-14-21(23)15-11-19/h10-17,23H,2-9,18H2,1H3. The Morgan fingerprint density at radius 2 is 1.17 bits per heavy atom. The Bertz CT molecular complexity index is 558. The van der Waals surface area contributed by atoms with E-state index in [9.17, 15) is 0 Å². The fraction of sp³-hybridized carbons (Fsp3) is 0.455. The van der Waals surface area contributed by atoms with Crippen molar-refractivity contribution in [2.75, 3.05) is 5.75 Å². The summed E-state index contributed by atoms with van der Waals surface area (Å²) in [6, 6.07) is 17.3. The van der Waals surface area contributed by atoms with Crippen LogP contribution in [0, 0.1) is 0 Å². The van der Waals surface area contributed by atoms with Crippen molar-refractivity contribution in [3.63, 3.8) is 0 Å². The van der Waals surface area contributed by atoms with Gasteiger partial charge in [0.25, 0.3) is 0 Å². The highest BCUT2D eigenvalue weighted by Crippen LogP contribution is 2.25. The Labute approximate surface area is 157 Å². The smallest absolute Gasteiger partial charge is 0.00723 e. The summed E-state index contributed by atoms with van der Waals surface area (Å²) in [5.74, 6) is 1.24. The molecule has 24 heavy (non-hydrogen) atoms. The normalized spacial score (nSPS) is 10.9. The largest absolute Gasteiger partial charge is 0.143 e. The van der Waals surface area contributed by atoms with E-state index in [0.717, 1.165) is 4.90 Å². The van der Waals surface area contributed by atoms with Crippen molar-refractivity contribution in [1.29, 1.82) is 0 Å². The third-order valence-corrected chi connectivity index (χ3v) is 5.72. The highest BCUT2D eigenvalue weighted by Gasteiger charge is 1.99. The highest BCUT2D eigenvalue weighted by atomic mass is 32.2. The van der Waals surface area contributed by atoms with Gasteiger partial charge in [0.1, 0.15) is 0 Å². The molecule has 0 aromatic heterocycles. The predicted molar refractivity (Wildman–Crippen MR) is 112 cm³/mol. The molecule has 0 nitrogen and oxygen atoms in total. The van der Waals surface area contributed by atoms with Crippen molar-refractivity contribution in [3.05, 3.63) is 48.5 Å². The summed E-state index contributed by atoms with van der Waals surface area (Å²) in [5, 5.41) is 0. The van der Waals surface area contributed by atoms with Gasteiger partial charge in [-0.1, -0.05) is 76.1 Å². The fourth-order valence-electron chi connectivity index (χ4n) is 2.82. The lowest BCUT2D eigenvalue weighted by Gasteiger charge is -2.05. The van der Waals surface area contributed by atoms with E-state index in [1.54, 1.807) is 0 Å². The minimum Gasteiger partial charge on any atom is -0.143 e. The number of thiol groups is 1. The molecule has 0 saturated heterocycles. The number of hydrogen-bond donors (Lipinski definition) is 1. The molecule has 0 aliphatic rings. The van der Waals surface area contributed by atoms with Gasteiger partial charge in [0.15, 0.2) is 0 Å². The highest BCUT2D eigenvalue weighted by molar-refractivity contribution is 7.99. The maximum Gasteiger partial charge on any atom is 0.00723 e. The van der Waals surface area contributed by atoms with Gasteiger partial charge < -0.3 is 0 Å². The molecular formula is C22H30S2. The summed E-state index contributed by atoms with van der Waals surface area (Å²) in [6.07, 6.45) is 11.2. The molecule has 0 heterocycles. The molecule has 2 heteroatoms. The van der Waals surface area contributed by atoms with Crippen LogP contribution in [0.2, 0.25) is 0 Å². The zero-order valence-corrected chi connectivity index (χ0v) is 16.5. The van der Waals surface area contributed by atoms with Crippen LogP contribution in [0.1, 0.15) is 58.3 Å². The summed E-state index contributed by atoms with van der Waals surface area (Å²) in [7, 11) is 0. The van der Waals surface area contributed by atoms with Gasteiger partial charge in [-0.05, 0) is 47.6 Å². The summed E-state index contributed by atoms with van der Waals surface area (Å²) in [6.45, 7) is 2.28. The average molecular weight is 359 g/mol. The molecule has 0 amide bonds. The lowest BCUT2D eigenvalue weighted by atomic mass is 10.1. The molecule has 0 spiro atoms. The Morgan fingerprint density at radius 3 is 1.75 bits per heavy atom. The van der Waals surface area contributed by atoms with Gasteiger partial charge in [-0.2, -0.15) is 0 Å². The molecule has 0 unspecified atom stereocenters. The third-order valence-electron chi connectivity index (χ3n) is 4.32. The second-order valence-corrected chi connectivity index (χ2v) is 8.08. The van der Waals surface area contributed by atoms with Gasteiger partial charge in [0.2, 0.25) is 0 Å².